The highest BCUT2D eigenvalue weighted by Gasteiger charge is 2.40. The lowest BCUT2D eigenvalue weighted by molar-refractivity contribution is -0.138. The number of alkyl halides is 3. The first-order valence-corrected chi connectivity index (χ1v) is 13.2. The van der Waals surface area contributed by atoms with Gasteiger partial charge in [-0.3, -0.25) is 4.79 Å². The van der Waals surface area contributed by atoms with Crippen LogP contribution in [0, 0.1) is 18.6 Å². The number of hydrogen-bond donors (Lipinski definition) is 3. The number of amides is 1. The molecule has 1 aliphatic rings. The van der Waals surface area contributed by atoms with Gasteiger partial charge in [0.2, 0.25) is 0 Å². The molecule has 1 aliphatic carbocycles. The van der Waals surface area contributed by atoms with Gasteiger partial charge in [-0.05, 0) is 79.3 Å². The van der Waals surface area contributed by atoms with E-state index in [-0.39, 0.29) is 53.6 Å². The number of halogens is 5. The predicted octanol–water partition coefficient (Wildman–Crippen LogP) is 6.95. The third kappa shape index (κ3) is 7.95. The molecule has 0 radical (unpaired) electrons. The van der Waals surface area contributed by atoms with Gasteiger partial charge in [-0.2, -0.15) is 13.2 Å². The van der Waals surface area contributed by atoms with E-state index in [0.717, 1.165) is 18.2 Å². The third-order valence-electron chi connectivity index (χ3n) is 6.46. The van der Waals surface area contributed by atoms with Gasteiger partial charge in [0.15, 0.2) is 11.6 Å². The van der Waals surface area contributed by atoms with Crippen LogP contribution in [-0.4, -0.2) is 36.3 Å². The molecule has 220 valence electrons. The van der Waals surface area contributed by atoms with Gasteiger partial charge in [0.05, 0.1) is 11.1 Å². The van der Waals surface area contributed by atoms with Crippen LogP contribution in [0.5, 0.6) is 17.2 Å². The molecule has 0 aromatic heterocycles. The van der Waals surface area contributed by atoms with E-state index in [9.17, 15) is 31.9 Å². The van der Waals surface area contributed by atoms with Gasteiger partial charge >= 0.3 is 6.18 Å². The van der Waals surface area contributed by atoms with E-state index in [2.05, 4.69) is 10.6 Å². The van der Waals surface area contributed by atoms with E-state index in [0.29, 0.717) is 18.4 Å². The summed E-state index contributed by atoms with van der Waals surface area (Å²) in [6.07, 6.45) is -4.51. The molecule has 6 nitrogen and oxygen atoms in total. The zero-order chi connectivity index (χ0) is 29.9. The van der Waals surface area contributed by atoms with Gasteiger partial charge < -0.3 is 25.2 Å². The van der Waals surface area contributed by atoms with Crippen LogP contribution in [0.25, 0.3) is 0 Å². The Morgan fingerprint density at radius 1 is 1.02 bits per heavy atom. The number of aryl methyl sites for hydroxylation is 1. The van der Waals surface area contributed by atoms with Crippen molar-refractivity contribution >= 4 is 11.6 Å². The van der Waals surface area contributed by atoms with E-state index in [1.165, 1.54) is 30.3 Å². The molecule has 3 aromatic carbocycles. The smallest absolute Gasteiger partial charge is 0.416 e. The third-order valence-corrected chi connectivity index (χ3v) is 6.46. The molecule has 1 saturated carbocycles. The topological polar surface area (TPSA) is 79.8 Å². The maximum absolute atomic E-state index is 14.4. The van der Waals surface area contributed by atoms with Crippen molar-refractivity contribution < 1.29 is 41.3 Å². The summed E-state index contributed by atoms with van der Waals surface area (Å²) in [5, 5.41) is 15.5. The summed E-state index contributed by atoms with van der Waals surface area (Å²) in [5.41, 5.74) is -0.903. The van der Waals surface area contributed by atoms with Gasteiger partial charge in [0, 0.05) is 24.3 Å². The van der Waals surface area contributed by atoms with Gasteiger partial charge in [-0.1, -0.05) is 13.8 Å². The number of carbonyl (C=O) groups is 1. The summed E-state index contributed by atoms with van der Waals surface area (Å²) in [5.74, 6) is -2.75. The van der Waals surface area contributed by atoms with E-state index in [1.807, 2.05) is 13.8 Å². The molecule has 0 bridgehead atoms. The van der Waals surface area contributed by atoms with Crippen molar-refractivity contribution in [1.29, 1.82) is 0 Å². The van der Waals surface area contributed by atoms with Gasteiger partial charge in [0.25, 0.3) is 5.91 Å². The molecule has 1 atom stereocenters. The van der Waals surface area contributed by atoms with Gasteiger partial charge in [0.1, 0.15) is 30.0 Å². The van der Waals surface area contributed by atoms with Crippen LogP contribution >= 0.6 is 0 Å². The number of aliphatic hydroxyl groups is 1. The Morgan fingerprint density at radius 2 is 1.76 bits per heavy atom. The number of anilines is 1. The van der Waals surface area contributed by atoms with E-state index in [1.54, 1.807) is 6.92 Å². The second-order valence-corrected chi connectivity index (χ2v) is 10.3. The van der Waals surface area contributed by atoms with E-state index < -0.39 is 40.9 Å². The van der Waals surface area contributed by atoms with E-state index >= 15 is 0 Å². The Bertz CT molecular complexity index is 1410. The number of nitrogens with one attached hydrogen (secondary N) is 2. The van der Waals surface area contributed by atoms with Gasteiger partial charge in [-0.15, -0.1) is 0 Å². The summed E-state index contributed by atoms with van der Waals surface area (Å²) in [4.78, 5) is 13.4. The molecule has 0 aliphatic heterocycles. The van der Waals surface area contributed by atoms with Crippen LogP contribution in [0.3, 0.4) is 0 Å². The molecule has 4 rings (SSSR count). The molecule has 11 heteroatoms. The normalized spacial score (nSPS) is 14.2. The quantitative estimate of drug-likeness (QED) is 0.215. The Kier molecular flexibility index (Phi) is 9.18. The number of aliphatic hydroxyl groups excluding tert-OH is 1. The molecule has 3 aromatic rings. The fourth-order valence-corrected chi connectivity index (χ4v) is 4.19. The van der Waals surface area contributed by atoms with Crippen molar-refractivity contribution in [1.82, 2.24) is 5.32 Å². The monoisotopic (exact) mass is 578 g/mol. The minimum Gasteiger partial charge on any atom is -0.488 e. The molecule has 41 heavy (non-hydrogen) atoms. The van der Waals surface area contributed by atoms with Crippen LogP contribution in [0.2, 0.25) is 0 Å². The van der Waals surface area contributed by atoms with Crippen molar-refractivity contribution in [2.45, 2.75) is 57.9 Å². The van der Waals surface area contributed by atoms with Crippen LogP contribution < -0.4 is 20.1 Å². The summed E-state index contributed by atoms with van der Waals surface area (Å²) in [7, 11) is 0. The SMILES string of the molecule is Cc1cc(F)ccc1Oc1cc(C2CC2)c(C(F)(F)F)cc1C(=O)Nc1ccc(F)c(OCC(O)CNC(C)C)c1. The molecular weight excluding hydrogens is 547 g/mol. The number of carbonyl (C=O) groups excluding carboxylic acids is 1. The molecular formula is C30H31F5N2O4. The first kappa shape index (κ1) is 30.3. The Balaban J connectivity index is 1.63. The average molecular weight is 579 g/mol. The standard InChI is InChI=1S/C30H31F5N2O4/c1-16(2)36-14-21(38)15-40-28-11-20(7-8-25(28)32)37-29(39)23-12-24(30(33,34)35)22(18-4-5-18)13-27(23)41-26-9-6-19(31)10-17(26)3/h6-13,16,18,21,36,38H,4-5,14-15H2,1-3H3,(H,37,39). The predicted molar refractivity (Wildman–Crippen MR) is 144 cm³/mol. The summed E-state index contributed by atoms with van der Waals surface area (Å²) >= 11 is 0. The second kappa shape index (κ2) is 12.4. The zero-order valence-electron chi connectivity index (χ0n) is 22.7. The van der Waals surface area contributed by atoms with Crippen molar-refractivity contribution in [3.63, 3.8) is 0 Å². The fourth-order valence-electron chi connectivity index (χ4n) is 4.19. The highest BCUT2D eigenvalue weighted by Crippen LogP contribution is 2.48. The van der Waals surface area contributed by atoms with Crippen molar-refractivity contribution in [2.75, 3.05) is 18.5 Å². The zero-order valence-corrected chi connectivity index (χ0v) is 22.7. The Morgan fingerprint density at radius 3 is 2.39 bits per heavy atom. The lowest BCUT2D eigenvalue weighted by Crippen LogP contribution is -2.35. The second-order valence-electron chi connectivity index (χ2n) is 10.3. The Hall–Kier alpha value is -3.70. The number of rotatable bonds is 11. The number of hydrogen-bond acceptors (Lipinski definition) is 5. The summed E-state index contributed by atoms with van der Waals surface area (Å²) < 4.78 is 81.3. The van der Waals surface area contributed by atoms with Crippen molar-refractivity contribution in [3.05, 3.63) is 82.4 Å². The first-order valence-electron chi connectivity index (χ1n) is 13.2. The minimum absolute atomic E-state index is 0.0202. The largest absolute Gasteiger partial charge is 0.488 e. The highest BCUT2D eigenvalue weighted by atomic mass is 19.4. The number of ether oxygens (including phenoxy) is 2. The van der Waals surface area contributed by atoms with Crippen LogP contribution in [0.1, 0.15) is 59.7 Å². The van der Waals surface area contributed by atoms with Crippen LogP contribution in [0.15, 0.2) is 48.5 Å². The first-order chi connectivity index (χ1) is 19.3. The molecule has 0 spiro atoms. The van der Waals surface area contributed by atoms with Crippen molar-refractivity contribution in [2.24, 2.45) is 0 Å². The molecule has 3 N–H and O–H groups in total. The van der Waals surface area contributed by atoms with E-state index in [4.69, 9.17) is 9.47 Å². The summed E-state index contributed by atoms with van der Waals surface area (Å²) in [6, 6.07) is 9.18. The Labute approximate surface area is 234 Å². The lowest BCUT2D eigenvalue weighted by atomic mass is 9.98. The average Bonchev–Trinajstić information content (AvgIpc) is 3.74. The maximum atomic E-state index is 14.4. The molecule has 1 fully saturated rings. The summed E-state index contributed by atoms with van der Waals surface area (Å²) in [6.45, 7) is 5.34. The molecule has 1 amide bonds. The maximum Gasteiger partial charge on any atom is 0.416 e. The minimum atomic E-state index is -4.72. The fraction of sp³-hybridized carbons (Fsp3) is 0.367. The molecule has 0 heterocycles. The molecule has 1 unspecified atom stereocenters. The van der Waals surface area contributed by atoms with Crippen LogP contribution in [0.4, 0.5) is 27.6 Å². The lowest BCUT2D eigenvalue weighted by Gasteiger charge is -2.19. The van der Waals surface area contributed by atoms with Gasteiger partial charge in [-0.25, -0.2) is 8.78 Å². The number of benzene rings is 3. The molecule has 0 saturated heterocycles. The van der Waals surface area contributed by atoms with Crippen LogP contribution in [-0.2, 0) is 6.18 Å². The highest BCUT2D eigenvalue weighted by molar-refractivity contribution is 6.06. The van der Waals surface area contributed by atoms with Crippen molar-refractivity contribution in [3.8, 4) is 17.2 Å².